The van der Waals surface area contributed by atoms with Crippen molar-refractivity contribution in [3.05, 3.63) is 71.7 Å². The van der Waals surface area contributed by atoms with Gasteiger partial charge in [-0.2, -0.15) is 0 Å². The standard InChI is InChI=1S/C18H19N3O3/c22-12-4-9-20-18(24)16(13-14-7-10-19-11-8-14)21-17(23)15-5-2-1-3-6-15/h1-3,5-8,10-11,13,22H,4,9,12H2,(H,20,24)(H,21,23)/b16-13-. The van der Waals surface area contributed by atoms with Gasteiger partial charge in [0.2, 0.25) is 0 Å². The van der Waals surface area contributed by atoms with Gasteiger partial charge in [-0.3, -0.25) is 14.6 Å². The molecule has 24 heavy (non-hydrogen) atoms. The van der Waals surface area contributed by atoms with Gasteiger partial charge in [-0.05, 0) is 42.3 Å². The van der Waals surface area contributed by atoms with Crippen LogP contribution in [-0.2, 0) is 4.79 Å². The van der Waals surface area contributed by atoms with Crippen LogP contribution in [0.4, 0.5) is 0 Å². The van der Waals surface area contributed by atoms with Crippen molar-refractivity contribution in [3.8, 4) is 0 Å². The summed E-state index contributed by atoms with van der Waals surface area (Å²) in [4.78, 5) is 28.5. The van der Waals surface area contributed by atoms with Crippen LogP contribution in [0.25, 0.3) is 6.08 Å². The van der Waals surface area contributed by atoms with E-state index in [0.717, 1.165) is 5.56 Å². The van der Waals surface area contributed by atoms with Crippen molar-refractivity contribution in [1.29, 1.82) is 0 Å². The van der Waals surface area contributed by atoms with E-state index in [1.54, 1.807) is 54.9 Å². The number of pyridine rings is 1. The van der Waals surface area contributed by atoms with Crippen molar-refractivity contribution in [2.24, 2.45) is 0 Å². The normalized spacial score (nSPS) is 11.0. The Morgan fingerprint density at radius 3 is 2.46 bits per heavy atom. The third kappa shape index (κ3) is 5.33. The third-order valence-electron chi connectivity index (χ3n) is 3.17. The summed E-state index contributed by atoms with van der Waals surface area (Å²) >= 11 is 0. The van der Waals surface area contributed by atoms with Crippen LogP contribution in [0.15, 0.2) is 60.6 Å². The first-order valence-electron chi connectivity index (χ1n) is 7.58. The lowest BCUT2D eigenvalue weighted by Crippen LogP contribution is -2.35. The van der Waals surface area contributed by atoms with E-state index >= 15 is 0 Å². The zero-order valence-electron chi connectivity index (χ0n) is 13.1. The summed E-state index contributed by atoms with van der Waals surface area (Å²) in [6, 6.07) is 12.1. The van der Waals surface area contributed by atoms with E-state index in [1.807, 2.05) is 6.07 Å². The van der Waals surface area contributed by atoms with Crippen LogP contribution in [0.5, 0.6) is 0 Å². The minimum Gasteiger partial charge on any atom is -0.396 e. The molecule has 124 valence electrons. The summed E-state index contributed by atoms with van der Waals surface area (Å²) in [7, 11) is 0. The van der Waals surface area contributed by atoms with Crippen LogP contribution in [0.3, 0.4) is 0 Å². The molecule has 0 saturated carbocycles. The maximum absolute atomic E-state index is 12.3. The molecule has 2 amide bonds. The summed E-state index contributed by atoms with van der Waals surface area (Å²) in [6.07, 6.45) is 5.23. The Morgan fingerprint density at radius 2 is 1.79 bits per heavy atom. The number of hydrogen-bond acceptors (Lipinski definition) is 4. The first kappa shape index (κ1) is 17.4. The molecule has 0 atom stereocenters. The van der Waals surface area contributed by atoms with Gasteiger partial charge in [-0.25, -0.2) is 0 Å². The monoisotopic (exact) mass is 325 g/mol. The topological polar surface area (TPSA) is 91.3 Å². The molecule has 3 N–H and O–H groups in total. The molecule has 1 aromatic carbocycles. The number of aliphatic hydroxyl groups excluding tert-OH is 1. The van der Waals surface area contributed by atoms with Crippen molar-refractivity contribution in [1.82, 2.24) is 15.6 Å². The molecule has 6 heteroatoms. The SMILES string of the molecule is O=C(NCCCO)/C(=C/c1ccncc1)NC(=O)c1ccccc1. The van der Waals surface area contributed by atoms with Crippen LogP contribution < -0.4 is 10.6 Å². The number of nitrogens with zero attached hydrogens (tertiary/aromatic N) is 1. The summed E-state index contributed by atoms with van der Waals surface area (Å²) in [6.45, 7) is 0.310. The summed E-state index contributed by atoms with van der Waals surface area (Å²) in [5, 5.41) is 14.1. The van der Waals surface area contributed by atoms with Crippen LogP contribution in [0.1, 0.15) is 22.3 Å². The van der Waals surface area contributed by atoms with Gasteiger partial charge in [0.15, 0.2) is 0 Å². The molecule has 0 aliphatic heterocycles. The second-order valence-corrected chi connectivity index (χ2v) is 4.99. The second kappa shape index (κ2) is 9.22. The summed E-state index contributed by atoms with van der Waals surface area (Å²) in [5.41, 5.74) is 1.33. The Morgan fingerprint density at radius 1 is 1.08 bits per heavy atom. The number of benzene rings is 1. The van der Waals surface area contributed by atoms with Gasteiger partial charge in [0.1, 0.15) is 5.70 Å². The predicted octanol–water partition coefficient (Wildman–Crippen LogP) is 1.35. The van der Waals surface area contributed by atoms with Crippen molar-refractivity contribution in [2.45, 2.75) is 6.42 Å². The fourth-order valence-corrected chi connectivity index (χ4v) is 1.94. The first-order chi connectivity index (χ1) is 11.7. The first-order valence-corrected chi connectivity index (χ1v) is 7.58. The average Bonchev–Trinajstić information content (AvgIpc) is 2.63. The molecule has 0 unspecified atom stereocenters. The van der Waals surface area contributed by atoms with Crippen molar-refractivity contribution in [2.75, 3.05) is 13.2 Å². The Kier molecular flexibility index (Phi) is 6.67. The maximum Gasteiger partial charge on any atom is 0.267 e. The van der Waals surface area contributed by atoms with Gasteiger partial charge < -0.3 is 15.7 Å². The quantitative estimate of drug-likeness (QED) is 0.529. The van der Waals surface area contributed by atoms with E-state index in [-0.39, 0.29) is 18.2 Å². The molecule has 1 aromatic heterocycles. The molecular formula is C18H19N3O3. The lowest BCUT2D eigenvalue weighted by atomic mass is 10.2. The Labute approximate surface area is 140 Å². The number of carbonyl (C=O) groups is 2. The lowest BCUT2D eigenvalue weighted by Gasteiger charge is -2.11. The van der Waals surface area contributed by atoms with Gasteiger partial charge in [-0.1, -0.05) is 18.2 Å². The lowest BCUT2D eigenvalue weighted by molar-refractivity contribution is -0.117. The number of aromatic nitrogens is 1. The van der Waals surface area contributed by atoms with Crippen molar-refractivity contribution >= 4 is 17.9 Å². The van der Waals surface area contributed by atoms with Crippen LogP contribution in [0.2, 0.25) is 0 Å². The van der Waals surface area contributed by atoms with E-state index in [0.29, 0.717) is 18.5 Å². The summed E-state index contributed by atoms with van der Waals surface area (Å²) < 4.78 is 0. The smallest absolute Gasteiger partial charge is 0.267 e. The molecule has 0 aliphatic rings. The fraction of sp³-hybridized carbons (Fsp3) is 0.167. The van der Waals surface area contributed by atoms with E-state index in [9.17, 15) is 9.59 Å². The molecule has 0 bridgehead atoms. The molecule has 0 radical (unpaired) electrons. The maximum atomic E-state index is 12.3. The fourth-order valence-electron chi connectivity index (χ4n) is 1.94. The largest absolute Gasteiger partial charge is 0.396 e. The second-order valence-electron chi connectivity index (χ2n) is 4.99. The Bertz CT molecular complexity index is 700. The number of nitrogens with one attached hydrogen (secondary N) is 2. The van der Waals surface area contributed by atoms with Crippen molar-refractivity contribution in [3.63, 3.8) is 0 Å². The summed E-state index contributed by atoms with van der Waals surface area (Å²) in [5.74, 6) is -0.780. The van der Waals surface area contributed by atoms with E-state index in [2.05, 4.69) is 15.6 Å². The van der Waals surface area contributed by atoms with Gasteiger partial charge >= 0.3 is 0 Å². The van der Waals surface area contributed by atoms with Crippen LogP contribution >= 0.6 is 0 Å². The van der Waals surface area contributed by atoms with Crippen LogP contribution in [-0.4, -0.2) is 35.1 Å². The molecule has 2 rings (SSSR count). The minimum absolute atomic E-state index is 0.0138. The predicted molar refractivity (Wildman–Crippen MR) is 90.8 cm³/mol. The average molecular weight is 325 g/mol. The van der Waals surface area contributed by atoms with Gasteiger partial charge in [0.25, 0.3) is 11.8 Å². The molecule has 0 saturated heterocycles. The molecular weight excluding hydrogens is 306 g/mol. The van der Waals surface area contributed by atoms with Gasteiger partial charge in [0.05, 0.1) is 0 Å². The van der Waals surface area contributed by atoms with E-state index < -0.39 is 5.91 Å². The Hall–Kier alpha value is -2.99. The zero-order valence-corrected chi connectivity index (χ0v) is 13.1. The molecule has 0 spiro atoms. The molecule has 6 nitrogen and oxygen atoms in total. The number of rotatable bonds is 7. The third-order valence-corrected chi connectivity index (χ3v) is 3.17. The van der Waals surface area contributed by atoms with E-state index in [4.69, 9.17) is 5.11 Å². The highest BCUT2D eigenvalue weighted by atomic mass is 16.3. The highest BCUT2D eigenvalue weighted by Crippen LogP contribution is 2.06. The van der Waals surface area contributed by atoms with E-state index in [1.165, 1.54) is 0 Å². The molecule has 0 fully saturated rings. The molecule has 2 aromatic rings. The molecule has 1 heterocycles. The zero-order chi connectivity index (χ0) is 17.2. The number of aliphatic hydroxyl groups is 1. The number of amides is 2. The molecule has 0 aliphatic carbocycles. The minimum atomic E-state index is -0.412. The highest BCUT2D eigenvalue weighted by Gasteiger charge is 2.14. The van der Waals surface area contributed by atoms with Crippen LogP contribution in [0, 0.1) is 0 Å². The van der Waals surface area contributed by atoms with Crippen molar-refractivity contribution < 1.29 is 14.7 Å². The van der Waals surface area contributed by atoms with Gasteiger partial charge in [0, 0.05) is 31.1 Å². The number of hydrogen-bond donors (Lipinski definition) is 3. The Balaban J connectivity index is 2.17. The van der Waals surface area contributed by atoms with Gasteiger partial charge in [-0.15, -0.1) is 0 Å². The highest BCUT2D eigenvalue weighted by molar-refractivity contribution is 6.05. The number of carbonyl (C=O) groups excluding carboxylic acids is 2.